The first-order valence-corrected chi connectivity index (χ1v) is 8.08. The molecular formula is C18H25NO4. The number of rotatable bonds is 4. The van der Waals surface area contributed by atoms with E-state index in [0.29, 0.717) is 24.8 Å². The first kappa shape index (κ1) is 17.3. The molecule has 0 spiro atoms. The summed E-state index contributed by atoms with van der Waals surface area (Å²) in [6.45, 7) is 5.01. The molecule has 126 valence electrons. The van der Waals surface area contributed by atoms with E-state index in [9.17, 15) is 9.59 Å². The van der Waals surface area contributed by atoms with Crippen LogP contribution in [0.1, 0.15) is 32.3 Å². The molecule has 1 aromatic rings. The van der Waals surface area contributed by atoms with Crippen molar-refractivity contribution >= 4 is 12.1 Å². The lowest BCUT2D eigenvalue weighted by Crippen LogP contribution is -2.52. The second-order valence-corrected chi connectivity index (χ2v) is 6.31. The molecule has 1 saturated heterocycles. The number of ether oxygens (including phenoxy) is 2. The van der Waals surface area contributed by atoms with Gasteiger partial charge in [0.1, 0.15) is 12.6 Å². The van der Waals surface area contributed by atoms with Gasteiger partial charge in [0.15, 0.2) is 0 Å². The smallest absolute Gasteiger partial charge is 0.410 e. The number of nitrogens with zero attached hydrogens (tertiary/aromatic N) is 1. The maximum Gasteiger partial charge on any atom is 0.410 e. The van der Waals surface area contributed by atoms with E-state index >= 15 is 0 Å². The van der Waals surface area contributed by atoms with Crippen LogP contribution >= 0.6 is 0 Å². The Morgan fingerprint density at radius 3 is 2.52 bits per heavy atom. The molecule has 0 aromatic heterocycles. The zero-order chi connectivity index (χ0) is 16.8. The SMILES string of the molecule is COC(=O)C1CCC(C(C)C)CN1C(=O)OCc1ccccc1. The topological polar surface area (TPSA) is 55.8 Å². The summed E-state index contributed by atoms with van der Waals surface area (Å²) >= 11 is 0. The molecule has 2 atom stereocenters. The number of amides is 1. The minimum Gasteiger partial charge on any atom is -0.467 e. The molecule has 5 nitrogen and oxygen atoms in total. The summed E-state index contributed by atoms with van der Waals surface area (Å²) < 4.78 is 10.2. The average molecular weight is 319 g/mol. The van der Waals surface area contributed by atoms with Crippen molar-refractivity contribution in [3.05, 3.63) is 35.9 Å². The highest BCUT2D eigenvalue weighted by molar-refractivity contribution is 5.81. The highest BCUT2D eigenvalue weighted by Crippen LogP contribution is 2.28. The summed E-state index contributed by atoms with van der Waals surface area (Å²) in [4.78, 5) is 26.0. The van der Waals surface area contributed by atoms with Crippen LogP contribution in [-0.2, 0) is 20.9 Å². The standard InChI is InChI=1S/C18H25NO4/c1-13(2)15-9-10-16(17(20)22-3)19(11-15)18(21)23-12-14-7-5-4-6-8-14/h4-8,13,15-16H,9-12H2,1-3H3. The van der Waals surface area contributed by atoms with Crippen molar-refractivity contribution in [2.75, 3.05) is 13.7 Å². The maximum absolute atomic E-state index is 12.5. The minimum atomic E-state index is -0.543. The summed E-state index contributed by atoms with van der Waals surface area (Å²) in [5.74, 6) is 0.460. The number of esters is 1. The van der Waals surface area contributed by atoms with Crippen molar-refractivity contribution in [1.29, 1.82) is 0 Å². The molecule has 1 heterocycles. The Hall–Kier alpha value is -2.04. The number of piperidine rings is 1. The second-order valence-electron chi connectivity index (χ2n) is 6.31. The molecule has 0 N–H and O–H groups in total. The molecule has 2 unspecified atom stereocenters. The Morgan fingerprint density at radius 1 is 1.22 bits per heavy atom. The van der Waals surface area contributed by atoms with E-state index in [1.165, 1.54) is 12.0 Å². The van der Waals surface area contributed by atoms with Crippen LogP contribution in [0.15, 0.2) is 30.3 Å². The van der Waals surface area contributed by atoms with Crippen LogP contribution in [-0.4, -0.2) is 36.7 Å². The van der Waals surface area contributed by atoms with E-state index in [1.807, 2.05) is 30.3 Å². The van der Waals surface area contributed by atoms with Gasteiger partial charge in [0.25, 0.3) is 0 Å². The van der Waals surface area contributed by atoms with Gasteiger partial charge in [0, 0.05) is 6.54 Å². The Balaban J connectivity index is 2.03. The minimum absolute atomic E-state index is 0.205. The lowest BCUT2D eigenvalue weighted by molar-refractivity contribution is -0.148. The number of likely N-dealkylation sites (tertiary alicyclic amines) is 1. The van der Waals surface area contributed by atoms with Crippen molar-refractivity contribution in [2.45, 2.75) is 39.3 Å². The number of carbonyl (C=O) groups excluding carboxylic acids is 2. The van der Waals surface area contributed by atoms with Gasteiger partial charge in [-0.05, 0) is 30.2 Å². The second kappa shape index (κ2) is 7.99. The largest absolute Gasteiger partial charge is 0.467 e. The molecule has 23 heavy (non-hydrogen) atoms. The van der Waals surface area contributed by atoms with Gasteiger partial charge in [-0.3, -0.25) is 4.90 Å². The van der Waals surface area contributed by atoms with Gasteiger partial charge in [0.05, 0.1) is 7.11 Å². The van der Waals surface area contributed by atoms with E-state index in [-0.39, 0.29) is 12.6 Å². The molecule has 2 rings (SSSR count). The van der Waals surface area contributed by atoms with Gasteiger partial charge in [-0.25, -0.2) is 9.59 Å². The first-order chi connectivity index (χ1) is 11.0. The number of benzene rings is 1. The molecule has 1 aliphatic heterocycles. The lowest BCUT2D eigenvalue weighted by atomic mass is 9.85. The van der Waals surface area contributed by atoms with Gasteiger partial charge in [0.2, 0.25) is 0 Å². The molecule has 0 saturated carbocycles. The number of hydrogen-bond acceptors (Lipinski definition) is 4. The predicted octanol–water partition coefficient (Wildman–Crippen LogP) is 3.23. The number of hydrogen-bond donors (Lipinski definition) is 0. The van der Waals surface area contributed by atoms with Crippen LogP contribution in [0, 0.1) is 11.8 Å². The van der Waals surface area contributed by atoms with Crippen molar-refractivity contribution in [1.82, 2.24) is 4.90 Å². The van der Waals surface area contributed by atoms with Gasteiger partial charge < -0.3 is 9.47 Å². The molecular weight excluding hydrogens is 294 g/mol. The molecule has 1 fully saturated rings. The van der Waals surface area contributed by atoms with Gasteiger partial charge in [-0.2, -0.15) is 0 Å². The van der Waals surface area contributed by atoms with Gasteiger partial charge in [-0.15, -0.1) is 0 Å². The van der Waals surface area contributed by atoms with Gasteiger partial charge in [-0.1, -0.05) is 44.2 Å². The Kier molecular flexibility index (Phi) is 6.02. The quantitative estimate of drug-likeness (QED) is 0.800. The Morgan fingerprint density at radius 2 is 1.91 bits per heavy atom. The average Bonchev–Trinajstić information content (AvgIpc) is 2.59. The van der Waals surface area contributed by atoms with E-state index in [1.54, 1.807) is 0 Å². The molecule has 0 radical (unpaired) electrons. The van der Waals surface area contributed by atoms with Crippen molar-refractivity contribution < 1.29 is 19.1 Å². The molecule has 0 bridgehead atoms. The predicted molar refractivity (Wildman–Crippen MR) is 86.7 cm³/mol. The summed E-state index contributed by atoms with van der Waals surface area (Å²) in [5.41, 5.74) is 0.924. The van der Waals surface area contributed by atoms with Crippen molar-refractivity contribution in [2.24, 2.45) is 11.8 Å². The van der Waals surface area contributed by atoms with Crippen LogP contribution in [0.2, 0.25) is 0 Å². The molecule has 0 aliphatic carbocycles. The van der Waals surface area contributed by atoms with Crippen LogP contribution in [0.3, 0.4) is 0 Å². The van der Waals surface area contributed by atoms with Crippen molar-refractivity contribution in [3.8, 4) is 0 Å². The fourth-order valence-electron chi connectivity index (χ4n) is 2.93. The van der Waals surface area contributed by atoms with Crippen LogP contribution in [0.5, 0.6) is 0 Å². The third kappa shape index (κ3) is 4.47. The number of carbonyl (C=O) groups is 2. The van der Waals surface area contributed by atoms with Crippen LogP contribution < -0.4 is 0 Å². The zero-order valence-corrected chi connectivity index (χ0v) is 14.0. The highest BCUT2D eigenvalue weighted by atomic mass is 16.6. The highest BCUT2D eigenvalue weighted by Gasteiger charge is 2.38. The molecule has 1 aliphatic rings. The monoisotopic (exact) mass is 319 g/mol. The van der Waals surface area contributed by atoms with E-state index in [4.69, 9.17) is 9.47 Å². The molecule has 1 aromatic carbocycles. The number of methoxy groups -OCH3 is 1. The van der Waals surface area contributed by atoms with E-state index in [2.05, 4.69) is 13.8 Å². The van der Waals surface area contributed by atoms with Crippen LogP contribution in [0.4, 0.5) is 4.79 Å². The Bertz CT molecular complexity index is 529. The lowest BCUT2D eigenvalue weighted by Gasteiger charge is -2.38. The summed E-state index contributed by atoms with van der Waals surface area (Å²) in [5, 5.41) is 0. The summed E-state index contributed by atoms with van der Waals surface area (Å²) in [7, 11) is 1.35. The fourth-order valence-corrected chi connectivity index (χ4v) is 2.93. The van der Waals surface area contributed by atoms with Gasteiger partial charge >= 0.3 is 12.1 Å². The summed E-state index contributed by atoms with van der Waals surface area (Å²) in [6.07, 6.45) is 1.09. The molecule has 1 amide bonds. The third-order valence-electron chi connectivity index (χ3n) is 4.47. The Labute approximate surface area is 137 Å². The molecule has 5 heteroatoms. The fraction of sp³-hybridized carbons (Fsp3) is 0.556. The van der Waals surface area contributed by atoms with Crippen molar-refractivity contribution in [3.63, 3.8) is 0 Å². The normalized spacial score (nSPS) is 21.1. The first-order valence-electron chi connectivity index (χ1n) is 8.08. The maximum atomic E-state index is 12.5. The summed E-state index contributed by atoms with van der Waals surface area (Å²) in [6, 6.07) is 8.97. The third-order valence-corrected chi connectivity index (χ3v) is 4.47. The van der Waals surface area contributed by atoms with E-state index < -0.39 is 12.1 Å². The van der Waals surface area contributed by atoms with E-state index in [0.717, 1.165) is 12.0 Å². The zero-order valence-electron chi connectivity index (χ0n) is 14.0. The van der Waals surface area contributed by atoms with Crippen LogP contribution in [0.25, 0.3) is 0 Å².